The van der Waals surface area contributed by atoms with Crippen molar-refractivity contribution < 1.29 is 4.79 Å². The topological polar surface area (TPSA) is 67.8 Å². The number of carbonyl (C=O) groups is 1. The second kappa shape index (κ2) is 5.50. The number of nitrogens with zero attached hydrogens (tertiary/aromatic N) is 3. The van der Waals surface area contributed by atoms with Crippen LogP contribution in [0.5, 0.6) is 0 Å². The lowest BCUT2D eigenvalue weighted by atomic mass is 10.3. The molecule has 0 spiro atoms. The van der Waals surface area contributed by atoms with Crippen LogP contribution in [0.1, 0.15) is 16.2 Å². The first kappa shape index (κ1) is 12.4. The molecule has 0 aromatic carbocycles. The molecule has 0 unspecified atom stereocenters. The lowest BCUT2D eigenvalue weighted by molar-refractivity contribution is 0.102. The van der Waals surface area contributed by atoms with E-state index in [2.05, 4.69) is 42.8 Å². The van der Waals surface area contributed by atoms with E-state index in [1.807, 2.05) is 0 Å². The Balaban J connectivity index is 2.11. The van der Waals surface area contributed by atoms with Gasteiger partial charge in [0, 0.05) is 23.1 Å². The van der Waals surface area contributed by atoms with E-state index in [4.69, 9.17) is 0 Å². The lowest BCUT2D eigenvalue weighted by Gasteiger charge is -2.03. The van der Waals surface area contributed by atoms with E-state index in [9.17, 15) is 4.79 Å². The van der Waals surface area contributed by atoms with Gasteiger partial charge >= 0.3 is 0 Å². The van der Waals surface area contributed by atoms with Gasteiger partial charge in [-0.15, -0.1) is 0 Å². The number of hydrogen-bond donors (Lipinski definition) is 1. The molecule has 0 bridgehead atoms. The minimum absolute atomic E-state index is 0.305. The van der Waals surface area contributed by atoms with Gasteiger partial charge in [0.05, 0.1) is 5.56 Å². The van der Waals surface area contributed by atoms with Crippen molar-refractivity contribution in [1.29, 1.82) is 0 Å². The molecular formula is C12H9BrN4O. The first-order valence-electron chi connectivity index (χ1n) is 5.06. The van der Waals surface area contributed by atoms with E-state index < -0.39 is 0 Å². The van der Waals surface area contributed by atoms with Crippen LogP contribution >= 0.6 is 15.9 Å². The summed E-state index contributed by atoms with van der Waals surface area (Å²) in [5, 5.41) is 2.65. The van der Waals surface area contributed by atoms with Crippen LogP contribution in [0, 0.1) is 0 Å². The summed E-state index contributed by atoms with van der Waals surface area (Å²) in [4.78, 5) is 23.8. The maximum Gasteiger partial charge on any atom is 0.259 e. The predicted molar refractivity (Wildman–Crippen MR) is 72.0 cm³/mol. The van der Waals surface area contributed by atoms with Gasteiger partial charge in [0.1, 0.15) is 5.82 Å². The fraction of sp³-hybridized carbons (Fsp3) is 0. The highest BCUT2D eigenvalue weighted by Gasteiger charge is 2.07. The largest absolute Gasteiger partial charge is 0.306 e. The molecule has 0 aliphatic carbocycles. The number of rotatable bonds is 3. The number of anilines is 1. The average molecular weight is 305 g/mol. The molecule has 0 radical (unpaired) electrons. The summed E-state index contributed by atoms with van der Waals surface area (Å²) < 4.78 is 0.846. The molecule has 2 rings (SSSR count). The van der Waals surface area contributed by atoms with Crippen LogP contribution < -0.4 is 5.32 Å². The Morgan fingerprint density at radius 2 is 1.94 bits per heavy atom. The summed E-state index contributed by atoms with van der Waals surface area (Å²) in [7, 11) is 0. The normalized spacial score (nSPS) is 9.83. The Labute approximate surface area is 112 Å². The van der Waals surface area contributed by atoms with Gasteiger partial charge in [-0.05, 0) is 34.1 Å². The van der Waals surface area contributed by atoms with Gasteiger partial charge in [0.25, 0.3) is 5.91 Å². The molecular weight excluding hydrogens is 296 g/mol. The van der Waals surface area contributed by atoms with E-state index in [0.29, 0.717) is 17.2 Å². The third-order valence-electron chi connectivity index (χ3n) is 2.09. The van der Waals surface area contributed by atoms with Crippen LogP contribution in [0.2, 0.25) is 0 Å². The summed E-state index contributed by atoms with van der Waals surface area (Å²) in [6.45, 7) is 3.54. The molecule has 0 aliphatic heterocycles. The van der Waals surface area contributed by atoms with Crippen LogP contribution in [0.25, 0.3) is 6.08 Å². The summed E-state index contributed by atoms with van der Waals surface area (Å²) in [6.07, 6.45) is 6.00. The zero-order valence-corrected chi connectivity index (χ0v) is 10.9. The van der Waals surface area contributed by atoms with Crippen LogP contribution in [-0.2, 0) is 0 Å². The Hall–Kier alpha value is -2.08. The molecule has 2 heterocycles. The highest BCUT2D eigenvalue weighted by molar-refractivity contribution is 9.10. The van der Waals surface area contributed by atoms with Crippen molar-refractivity contribution in [3.63, 3.8) is 0 Å². The zero-order valence-electron chi connectivity index (χ0n) is 9.30. The molecule has 0 atom stereocenters. The molecule has 18 heavy (non-hydrogen) atoms. The summed E-state index contributed by atoms with van der Waals surface area (Å²) in [5.41, 5.74) is 0.366. The molecule has 1 amide bonds. The molecule has 2 aromatic heterocycles. The summed E-state index contributed by atoms with van der Waals surface area (Å²) in [5.74, 6) is 0.643. The highest BCUT2D eigenvalue weighted by atomic mass is 79.9. The van der Waals surface area contributed by atoms with Crippen molar-refractivity contribution in [2.45, 2.75) is 0 Å². The third-order valence-corrected chi connectivity index (χ3v) is 2.55. The number of pyridine rings is 1. The minimum atomic E-state index is -0.305. The first-order valence-corrected chi connectivity index (χ1v) is 5.86. The Bertz CT molecular complexity index is 566. The third kappa shape index (κ3) is 2.98. The van der Waals surface area contributed by atoms with Gasteiger partial charge in [-0.2, -0.15) is 0 Å². The zero-order chi connectivity index (χ0) is 13.0. The van der Waals surface area contributed by atoms with E-state index in [1.54, 1.807) is 18.3 Å². The average Bonchev–Trinajstić information content (AvgIpc) is 2.41. The maximum atomic E-state index is 11.8. The van der Waals surface area contributed by atoms with Crippen molar-refractivity contribution in [2.75, 3.05) is 5.32 Å². The van der Waals surface area contributed by atoms with E-state index >= 15 is 0 Å². The second-order valence-corrected chi connectivity index (χ2v) is 4.27. The molecule has 6 heteroatoms. The predicted octanol–water partition coefficient (Wildman–Crippen LogP) is 2.53. The van der Waals surface area contributed by atoms with E-state index in [1.165, 1.54) is 18.5 Å². The highest BCUT2D eigenvalue weighted by Crippen LogP contribution is 2.11. The van der Waals surface area contributed by atoms with Crippen LogP contribution in [0.4, 0.5) is 5.82 Å². The molecule has 0 saturated heterocycles. The Kier molecular flexibility index (Phi) is 3.78. The van der Waals surface area contributed by atoms with Crippen molar-refractivity contribution in [1.82, 2.24) is 15.0 Å². The molecule has 0 aliphatic rings. The van der Waals surface area contributed by atoms with E-state index in [0.717, 1.165) is 4.47 Å². The maximum absolute atomic E-state index is 11.8. The van der Waals surface area contributed by atoms with Gasteiger partial charge in [-0.1, -0.05) is 6.58 Å². The Morgan fingerprint density at radius 3 is 2.50 bits per heavy atom. The van der Waals surface area contributed by atoms with Crippen molar-refractivity contribution in [2.24, 2.45) is 0 Å². The van der Waals surface area contributed by atoms with Crippen molar-refractivity contribution in [3.8, 4) is 0 Å². The molecule has 0 saturated carbocycles. The van der Waals surface area contributed by atoms with Gasteiger partial charge < -0.3 is 5.32 Å². The SMILES string of the molecule is C=Cc1ncc(C(=O)Nc2ccc(Br)cn2)cn1. The fourth-order valence-corrected chi connectivity index (χ4v) is 1.43. The summed E-state index contributed by atoms with van der Waals surface area (Å²) in [6, 6.07) is 3.49. The molecule has 5 nitrogen and oxygen atoms in total. The van der Waals surface area contributed by atoms with Crippen LogP contribution in [-0.4, -0.2) is 20.9 Å². The van der Waals surface area contributed by atoms with Crippen LogP contribution in [0.15, 0.2) is 41.8 Å². The van der Waals surface area contributed by atoms with E-state index in [-0.39, 0.29) is 5.91 Å². The van der Waals surface area contributed by atoms with Crippen LogP contribution in [0.3, 0.4) is 0 Å². The summed E-state index contributed by atoms with van der Waals surface area (Å²) >= 11 is 3.27. The molecule has 1 N–H and O–H groups in total. The fourth-order valence-electron chi connectivity index (χ4n) is 1.20. The van der Waals surface area contributed by atoms with Gasteiger partial charge in [0.2, 0.25) is 0 Å². The van der Waals surface area contributed by atoms with Crippen molar-refractivity contribution >= 4 is 33.7 Å². The quantitative estimate of drug-likeness (QED) is 0.946. The van der Waals surface area contributed by atoms with Gasteiger partial charge in [-0.25, -0.2) is 15.0 Å². The molecule has 2 aromatic rings. The first-order chi connectivity index (χ1) is 8.69. The van der Waals surface area contributed by atoms with Gasteiger partial charge in [0.15, 0.2) is 5.82 Å². The van der Waals surface area contributed by atoms with Crippen molar-refractivity contribution in [3.05, 3.63) is 53.2 Å². The Morgan fingerprint density at radius 1 is 1.22 bits per heavy atom. The number of hydrogen-bond acceptors (Lipinski definition) is 4. The number of nitrogens with one attached hydrogen (secondary N) is 1. The standard InChI is InChI=1S/C12H9BrN4O/c1-2-10-14-5-8(6-15-10)12(18)17-11-4-3-9(13)7-16-11/h2-7H,1H2,(H,16,17,18). The van der Waals surface area contributed by atoms with Gasteiger partial charge in [-0.3, -0.25) is 4.79 Å². The second-order valence-electron chi connectivity index (χ2n) is 3.35. The lowest BCUT2D eigenvalue weighted by Crippen LogP contribution is -2.13. The molecule has 0 fully saturated rings. The minimum Gasteiger partial charge on any atom is -0.306 e. The number of amides is 1. The molecule has 90 valence electrons. The number of halogens is 1. The number of aromatic nitrogens is 3. The monoisotopic (exact) mass is 304 g/mol. The smallest absolute Gasteiger partial charge is 0.259 e. The number of carbonyl (C=O) groups excluding carboxylic acids is 1.